The molecular weight excluding hydrogens is 390 g/mol. The van der Waals surface area contributed by atoms with Gasteiger partial charge >= 0.3 is 0 Å². The second-order valence-corrected chi connectivity index (χ2v) is 8.99. The summed E-state index contributed by atoms with van der Waals surface area (Å²) in [4.78, 5) is 18.9. The topological polar surface area (TPSA) is 79.8 Å². The van der Waals surface area contributed by atoms with E-state index in [1.807, 2.05) is 42.2 Å². The third-order valence-corrected chi connectivity index (χ3v) is 7.15. The van der Waals surface area contributed by atoms with Gasteiger partial charge in [0.05, 0.1) is 13.3 Å². The molecule has 0 bridgehead atoms. The van der Waals surface area contributed by atoms with Crippen LogP contribution < -0.4 is 4.74 Å². The lowest BCUT2D eigenvalue weighted by atomic mass is 9.96. The maximum absolute atomic E-state index is 13.0. The van der Waals surface area contributed by atoms with E-state index in [2.05, 4.69) is 4.98 Å². The van der Waals surface area contributed by atoms with Gasteiger partial charge in [-0.05, 0) is 31.4 Å². The molecule has 0 aliphatic carbocycles. The zero-order chi connectivity index (χ0) is 20.9. The zero-order valence-corrected chi connectivity index (χ0v) is 17.6. The summed E-state index contributed by atoms with van der Waals surface area (Å²) in [6.07, 6.45) is 2.35. The van der Waals surface area contributed by atoms with Crippen molar-refractivity contribution in [2.75, 3.05) is 26.7 Å². The Morgan fingerprint density at radius 3 is 2.41 bits per heavy atom. The number of methoxy groups -OCH3 is 1. The van der Waals surface area contributed by atoms with Crippen molar-refractivity contribution in [3.8, 4) is 5.88 Å². The minimum absolute atomic E-state index is 0.0968. The molecule has 1 amide bonds. The summed E-state index contributed by atoms with van der Waals surface area (Å²) in [6, 6.07) is 12.9. The molecule has 1 fully saturated rings. The molecule has 29 heavy (non-hydrogen) atoms. The average Bonchev–Trinajstić information content (AvgIpc) is 2.78. The summed E-state index contributed by atoms with van der Waals surface area (Å²) in [5.74, 6) is 0.310. The van der Waals surface area contributed by atoms with Crippen LogP contribution in [0.4, 0.5) is 0 Å². The molecule has 0 N–H and O–H groups in total. The summed E-state index contributed by atoms with van der Waals surface area (Å²) in [5.41, 5.74) is 1.09. The van der Waals surface area contributed by atoms with E-state index in [0.29, 0.717) is 44.9 Å². The van der Waals surface area contributed by atoms with E-state index in [-0.39, 0.29) is 16.7 Å². The molecular formula is C21H27N3O4S. The minimum Gasteiger partial charge on any atom is -0.481 e. The van der Waals surface area contributed by atoms with Crippen molar-refractivity contribution in [1.82, 2.24) is 14.2 Å². The second kappa shape index (κ2) is 9.37. The van der Waals surface area contributed by atoms with Crippen LogP contribution >= 0.6 is 0 Å². The van der Waals surface area contributed by atoms with Gasteiger partial charge in [0.1, 0.15) is 4.90 Å². The molecule has 0 atom stereocenters. The van der Waals surface area contributed by atoms with E-state index in [9.17, 15) is 13.2 Å². The fourth-order valence-corrected chi connectivity index (χ4v) is 4.96. The fraction of sp³-hybridized carbons (Fsp3) is 0.429. The molecule has 2 aromatic rings. The molecule has 0 spiro atoms. The number of piperidine rings is 1. The van der Waals surface area contributed by atoms with E-state index in [1.165, 1.54) is 29.7 Å². The van der Waals surface area contributed by atoms with Gasteiger partial charge in [-0.2, -0.15) is 4.31 Å². The number of carbonyl (C=O) groups is 1. The van der Waals surface area contributed by atoms with Crippen molar-refractivity contribution in [2.45, 2.75) is 31.2 Å². The summed E-state index contributed by atoms with van der Waals surface area (Å²) >= 11 is 0. The van der Waals surface area contributed by atoms with E-state index in [1.54, 1.807) is 0 Å². The Bertz CT molecular complexity index is 909. The molecule has 156 valence electrons. The van der Waals surface area contributed by atoms with Crippen LogP contribution in [0.3, 0.4) is 0 Å². The normalized spacial score (nSPS) is 15.8. The molecule has 1 aliphatic rings. The molecule has 7 nitrogen and oxygen atoms in total. The van der Waals surface area contributed by atoms with Gasteiger partial charge in [-0.25, -0.2) is 13.4 Å². The number of rotatable bonds is 7. The molecule has 8 heteroatoms. The highest BCUT2D eigenvalue weighted by atomic mass is 32.2. The number of ether oxygens (including phenoxy) is 1. The number of carbonyl (C=O) groups excluding carboxylic acids is 1. The van der Waals surface area contributed by atoms with E-state index in [0.717, 1.165) is 5.56 Å². The Morgan fingerprint density at radius 2 is 1.86 bits per heavy atom. The molecule has 1 aromatic heterocycles. The van der Waals surface area contributed by atoms with Crippen molar-refractivity contribution in [1.29, 1.82) is 0 Å². The second-order valence-electron chi connectivity index (χ2n) is 7.05. The number of aromatic nitrogens is 1. The van der Waals surface area contributed by atoms with Gasteiger partial charge in [-0.1, -0.05) is 30.3 Å². The Kier molecular flexibility index (Phi) is 6.87. The predicted octanol–water partition coefficient (Wildman–Crippen LogP) is 2.54. The number of sulfonamides is 1. The lowest BCUT2D eigenvalue weighted by molar-refractivity contribution is -0.137. The molecule has 0 unspecified atom stereocenters. The SMILES string of the molecule is CCN(Cc1ccccc1)C(=O)C1CCN(S(=O)(=O)c2ccc(OC)nc2)CC1. The first-order chi connectivity index (χ1) is 14.0. The van der Waals surface area contributed by atoms with Crippen LogP contribution in [-0.4, -0.2) is 55.3 Å². The first-order valence-corrected chi connectivity index (χ1v) is 11.2. The summed E-state index contributed by atoms with van der Waals surface area (Å²) in [5, 5.41) is 0. The molecule has 2 heterocycles. The number of hydrogen-bond donors (Lipinski definition) is 0. The maximum Gasteiger partial charge on any atom is 0.244 e. The van der Waals surface area contributed by atoms with Gasteiger partial charge in [0.25, 0.3) is 0 Å². The van der Waals surface area contributed by atoms with Gasteiger partial charge in [-0.3, -0.25) is 4.79 Å². The van der Waals surface area contributed by atoms with Crippen LogP contribution in [-0.2, 0) is 21.4 Å². The Labute approximate surface area is 172 Å². The highest BCUT2D eigenvalue weighted by Crippen LogP contribution is 2.26. The Balaban J connectivity index is 1.62. The number of nitrogens with zero attached hydrogens (tertiary/aromatic N) is 3. The molecule has 3 rings (SSSR count). The smallest absolute Gasteiger partial charge is 0.244 e. The van der Waals surface area contributed by atoms with Crippen LogP contribution in [0.5, 0.6) is 5.88 Å². The number of hydrogen-bond acceptors (Lipinski definition) is 5. The first kappa shape index (κ1) is 21.3. The molecule has 1 aromatic carbocycles. The number of benzene rings is 1. The zero-order valence-electron chi connectivity index (χ0n) is 16.8. The summed E-state index contributed by atoms with van der Waals surface area (Å²) in [6.45, 7) is 3.83. The van der Waals surface area contributed by atoms with E-state index < -0.39 is 10.0 Å². The Morgan fingerprint density at radius 1 is 1.17 bits per heavy atom. The number of amides is 1. The van der Waals surface area contributed by atoms with Crippen molar-refractivity contribution in [3.63, 3.8) is 0 Å². The Hall–Kier alpha value is -2.45. The van der Waals surface area contributed by atoms with Gasteiger partial charge in [0, 0.05) is 38.2 Å². The predicted molar refractivity (Wildman–Crippen MR) is 110 cm³/mol. The highest BCUT2D eigenvalue weighted by Gasteiger charge is 2.33. The molecule has 1 aliphatic heterocycles. The van der Waals surface area contributed by atoms with Crippen LogP contribution in [0.1, 0.15) is 25.3 Å². The van der Waals surface area contributed by atoms with Crippen molar-refractivity contribution in [2.24, 2.45) is 5.92 Å². The molecule has 1 saturated heterocycles. The lowest BCUT2D eigenvalue weighted by Crippen LogP contribution is -2.44. The van der Waals surface area contributed by atoms with Gasteiger partial charge in [0.15, 0.2) is 0 Å². The molecule has 0 radical (unpaired) electrons. The van der Waals surface area contributed by atoms with Gasteiger partial charge in [0.2, 0.25) is 21.8 Å². The summed E-state index contributed by atoms with van der Waals surface area (Å²) < 4.78 is 32.1. The number of pyridine rings is 1. The third kappa shape index (κ3) is 4.94. The van der Waals surface area contributed by atoms with Crippen molar-refractivity contribution >= 4 is 15.9 Å². The van der Waals surface area contributed by atoms with E-state index in [4.69, 9.17) is 4.74 Å². The maximum atomic E-state index is 13.0. The van der Waals surface area contributed by atoms with E-state index >= 15 is 0 Å². The van der Waals surface area contributed by atoms with Crippen LogP contribution in [0.15, 0.2) is 53.6 Å². The highest BCUT2D eigenvalue weighted by molar-refractivity contribution is 7.89. The average molecular weight is 418 g/mol. The summed E-state index contributed by atoms with van der Waals surface area (Å²) in [7, 11) is -2.14. The first-order valence-electron chi connectivity index (χ1n) is 9.78. The van der Waals surface area contributed by atoms with Crippen LogP contribution in [0, 0.1) is 5.92 Å². The van der Waals surface area contributed by atoms with Crippen LogP contribution in [0.25, 0.3) is 0 Å². The van der Waals surface area contributed by atoms with Gasteiger partial charge < -0.3 is 9.64 Å². The van der Waals surface area contributed by atoms with Gasteiger partial charge in [-0.15, -0.1) is 0 Å². The van der Waals surface area contributed by atoms with Crippen molar-refractivity contribution in [3.05, 3.63) is 54.2 Å². The third-order valence-electron chi connectivity index (χ3n) is 5.27. The largest absolute Gasteiger partial charge is 0.481 e. The molecule has 0 saturated carbocycles. The standard InChI is InChI=1S/C21H27N3O4S/c1-3-23(16-17-7-5-4-6-8-17)21(25)18-11-13-24(14-12-18)29(26,27)19-9-10-20(28-2)22-15-19/h4-10,15,18H,3,11-14,16H2,1-2H3. The fourth-order valence-electron chi connectivity index (χ4n) is 3.54. The van der Waals surface area contributed by atoms with Crippen LogP contribution in [0.2, 0.25) is 0 Å². The quantitative estimate of drug-likeness (QED) is 0.692. The van der Waals surface area contributed by atoms with Crippen molar-refractivity contribution < 1.29 is 17.9 Å². The lowest BCUT2D eigenvalue weighted by Gasteiger charge is -2.33. The minimum atomic E-state index is -3.62. The monoisotopic (exact) mass is 417 g/mol.